The number of rotatable bonds is 1. The van der Waals surface area contributed by atoms with E-state index in [4.69, 9.17) is 5.73 Å². The number of hydrogen-bond acceptors (Lipinski definition) is 2. The van der Waals surface area contributed by atoms with Gasteiger partial charge in [0, 0.05) is 19.1 Å². The molecule has 0 aromatic heterocycles. The van der Waals surface area contributed by atoms with E-state index in [1.165, 1.54) is 6.07 Å². The molecule has 2 nitrogen and oxygen atoms in total. The van der Waals surface area contributed by atoms with Crippen LogP contribution in [-0.4, -0.2) is 19.1 Å². The zero-order chi connectivity index (χ0) is 10.8. The third-order valence-electron chi connectivity index (χ3n) is 2.66. The maximum Gasteiger partial charge on any atom is 0.123 e. The average molecular weight is 206 g/mol. The highest BCUT2D eigenvalue weighted by Gasteiger charge is 2.12. The molecular weight excluding hydrogens is 191 g/mol. The van der Waals surface area contributed by atoms with Crippen molar-refractivity contribution in [3.8, 4) is 0 Å². The second kappa shape index (κ2) is 4.13. The van der Waals surface area contributed by atoms with Crippen LogP contribution in [-0.2, 0) is 0 Å². The van der Waals surface area contributed by atoms with Gasteiger partial charge in [0.25, 0.3) is 0 Å². The minimum Gasteiger partial charge on any atom is -0.323 e. The van der Waals surface area contributed by atoms with Crippen LogP contribution in [0.1, 0.15) is 11.1 Å². The summed E-state index contributed by atoms with van der Waals surface area (Å²) in [4.78, 5) is 0. The van der Waals surface area contributed by atoms with E-state index in [2.05, 4.69) is 5.32 Å². The van der Waals surface area contributed by atoms with Crippen molar-refractivity contribution in [3.63, 3.8) is 0 Å². The average Bonchev–Trinajstić information content (AvgIpc) is 2.22. The Labute approximate surface area is 89.0 Å². The van der Waals surface area contributed by atoms with E-state index < -0.39 is 0 Å². The molecule has 0 aliphatic carbocycles. The molecule has 0 bridgehead atoms. The summed E-state index contributed by atoms with van der Waals surface area (Å²) < 4.78 is 13.1. The third kappa shape index (κ3) is 2.25. The molecule has 1 aromatic carbocycles. The number of nitrogens with one attached hydrogen (secondary N) is 1. The van der Waals surface area contributed by atoms with Gasteiger partial charge in [-0.15, -0.1) is 0 Å². The molecule has 1 aliphatic heterocycles. The van der Waals surface area contributed by atoms with Crippen molar-refractivity contribution in [3.05, 3.63) is 41.2 Å². The van der Waals surface area contributed by atoms with E-state index >= 15 is 0 Å². The summed E-state index contributed by atoms with van der Waals surface area (Å²) in [5, 5.41) is 3.21. The van der Waals surface area contributed by atoms with Gasteiger partial charge in [0.15, 0.2) is 0 Å². The number of benzene rings is 1. The maximum absolute atomic E-state index is 13.1. The Hall–Kier alpha value is -1.19. The first-order chi connectivity index (χ1) is 7.16. The zero-order valence-electron chi connectivity index (χ0n) is 8.76. The van der Waals surface area contributed by atoms with Gasteiger partial charge in [0.05, 0.1) is 0 Å². The van der Waals surface area contributed by atoms with Crippen molar-refractivity contribution in [2.45, 2.75) is 13.0 Å². The van der Waals surface area contributed by atoms with Gasteiger partial charge in [-0.3, -0.25) is 0 Å². The molecule has 3 heteroatoms. The predicted octanol–water partition coefficient (Wildman–Crippen LogP) is 1.45. The predicted molar refractivity (Wildman–Crippen MR) is 60.0 cm³/mol. The molecular formula is C12H15FN2. The van der Waals surface area contributed by atoms with Crippen LogP contribution in [0.25, 0.3) is 5.57 Å². The first-order valence-electron chi connectivity index (χ1n) is 5.10. The van der Waals surface area contributed by atoms with Crippen LogP contribution < -0.4 is 11.1 Å². The molecule has 80 valence electrons. The van der Waals surface area contributed by atoms with E-state index in [0.29, 0.717) is 0 Å². The Morgan fingerprint density at radius 2 is 2.27 bits per heavy atom. The molecule has 3 N–H and O–H groups in total. The lowest BCUT2D eigenvalue weighted by atomic mass is 9.96. The van der Waals surface area contributed by atoms with E-state index in [9.17, 15) is 4.39 Å². The van der Waals surface area contributed by atoms with Crippen molar-refractivity contribution in [1.29, 1.82) is 0 Å². The molecule has 0 saturated carbocycles. The molecule has 1 unspecified atom stereocenters. The smallest absolute Gasteiger partial charge is 0.123 e. The van der Waals surface area contributed by atoms with Crippen LogP contribution in [0.2, 0.25) is 0 Å². The molecule has 0 fully saturated rings. The van der Waals surface area contributed by atoms with Gasteiger partial charge in [0.2, 0.25) is 0 Å². The fourth-order valence-electron chi connectivity index (χ4n) is 1.87. The quantitative estimate of drug-likeness (QED) is 0.730. The SMILES string of the molecule is Cc1ccc(F)cc1C1=CC(N)CNC1. The van der Waals surface area contributed by atoms with Gasteiger partial charge in [-0.05, 0) is 35.8 Å². The minimum absolute atomic E-state index is 0.0245. The molecule has 1 heterocycles. The highest BCUT2D eigenvalue weighted by atomic mass is 19.1. The van der Waals surface area contributed by atoms with E-state index in [1.807, 2.05) is 13.0 Å². The van der Waals surface area contributed by atoms with E-state index in [-0.39, 0.29) is 11.9 Å². The minimum atomic E-state index is -0.198. The third-order valence-corrected chi connectivity index (χ3v) is 2.66. The number of aryl methyl sites for hydroxylation is 1. The molecule has 0 amide bonds. The first kappa shape index (κ1) is 10.3. The Balaban J connectivity index is 2.40. The van der Waals surface area contributed by atoms with Gasteiger partial charge in [0.1, 0.15) is 5.82 Å². The Morgan fingerprint density at radius 1 is 1.47 bits per heavy atom. The highest BCUT2D eigenvalue weighted by Crippen LogP contribution is 2.21. The van der Waals surface area contributed by atoms with Gasteiger partial charge < -0.3 is 11.1 Å². The maximum atomic E-state index is 13.1. The molecule has 1 atom stereocenters. The Bertz CT molecular complexity index is 399. The molecule has 15 heavy (non-hydrogen) atoms. The van der Waals surface area contributed by atoms with Gasteiger partial charge in [-0.2, -0.15) is 0 Å². The molecule has 1 aromatic rings. The van der Waals surface area contributed by atoms with Crippen LogP contribution in [0.5, 0.6) is 0 Å². The molecule has 2 rings (SSSR count). The van der Waals surface area contributed by atoms with Crippen molar-refractivity contribution in [1.82, 2.24) is 5.32 Å². The molecule has 0 radical (unpaired) electrons. The molecule has 0 saturated heterocycles. The number of nitrogens with two attached hydrogens (primary N) is 1. The Kier molecular flexibility index (Phi) is 2.84. The van der Waals surface area contributed by atoms with Crippen molar-refractivity contribution < 1.29 is 4.39 Å². The lowest BCUT2D eigenvalue weighted by Gasteiger charge is -2.20. The van der Waals surface area contributed by atoms with Gasteiger partial charge >= 0.3 is 0 Å². The zero-order valence-corrected chi connectivity index (χ0v) is 8.76. The number of hydrogen-bond donors (Lipinski definition) is 2. The van der Waals surface area contributed by atoms with Crippen molar-refractivity contribution >= 4 is 5.57 Å². The van der Waals surface area contributed by atoms with Gasteiger partial charge in [-0.1, -0.05) is 12.1 Å². The van der Waals surface area contributed by atoms with E-state index in [0.717, 1.165) is 29.8 Å². The first-order valence-corrected chi connectivity index (χ1v) is 5.10. The molecule has 0 spiro atoms. The van der Waals surface area contributed by atoms with Crippen molar-refractivity contribution in [2.24, 2.45) is 5.73 Å². The summed E-state index contributed by atoms with van der Waals surface area (Å²) in [7, 11) is 0. The van der Waals surface area contributed by atoms with Crippen LogP contribution in [0.3, 0.4) is 0 Å². The lowest BCUT2D eigenvalue weighted by Crippen LogP contribution is -2.37. The van der Waals surface area contributed by atoms with Crippen LogP contribution in [0, 0.1) is 12.7 Å². The van der Waals surface area contributed by atoms with Crippen LogP contribution >= 0.6 is 0 Å². The van der Waals surface area contributed by atoms with Crippen molar-refractivity contribution in [2.75, 3.05) is 13.1 Å². The normalized spacial score (nSPS) is 21.3. The van der Waals surface area contributed by atoms with Crippen LogP contribution in [0.4, 0.5) is 4.39 Å². The largest absolute Gasteiger partial charge is 0.323 e. The summed E-state index contributed by atoms with van der Waals surface area (Å²) in [5.74, 6) is -0.198. The molecule has 1 aliphatic rings. The summed E-state index contributed by atoms with van der Waals surface area (Å²) in [5.41, 5.74) is 8.94. The fraction of sp³-hybridized carbons (Fsp3) is 0.333. The topological polar surface area (TPSA) is 38.0 Å². The van der Waals surface area contributed by atoms with E-state index in [1.54, 1.807) is 12.1 Å². The number of halogens is 1. The second-order valence-corrected chi connectivity index (χ2v) is 3.95. The summed E-state index contributed by atoms with van der Waals surface area (Å²) in [6, 6.07) is 4.87. The second-order valence-electron chi connectivity index (χ2n) is 3.95. The standard InChI is InChI=1S/C12H15FN2/c1-8-2-3-10(13)5-12(8)9-4-11(14)7-15-6-9/h2-5,11,15H,6-7,14H2,1H3. The van der Waals surface area contributed by atoms with Gasteiger partial charge in [-0.25, -0.2) is 4.39 Å². The fourth-order valence-corrected chi connectivity index (χ4v) is 1.87. The summed E-state index contributed by atoms with van der Waals surface area (Å²) in [6.45, 7) is 3.53. The summed E-state index contributed by atoms with van der Waals surface area (Å²) >= 11 is 0. The Morgan fingerprint density at radius 3 is 3.00 bits per heavy atom. The monoisotopic (exact) mass is 206 g/mol. The van der Waals surface area contributed by atoms with Crippen LogP contribution in [0.15, 0.2) is 24.3 Å². The highest BCUT2D eigenvalue weighted by molar-refractivity contribution is 5.70. The lowest BCUT2D eigenvalue weighted by molar-refractivity contribution is 0.625. The summed E-state index contributed by atoms with van der Waals surface area (Å²) in [6.07, 6.45) is 2.01.